The predicted molar refractivity (Wildman–Crippen MR) is 117 cm³/mol. The molecule has 0 aliphatic carbocycles. The predicted octanol–water partition coefficient (Wildman–Crippen LogP) is 4.72. The summed E-state index contributed by atoms with van der Waals surface area (Å²) in [7, 11) is 1.58. The van der Waals surface area contributed by atoms with Crippen LogP contribution in [0.15, 0.2) is 73.1 Å². The van der Waals surface area contributed by atoms with Gasteiger partial charge in [-0.25, -0.2) is 0 Å². The molecule has 0 aliphatic rings. The molecule has 30 heavy (non-hydrogen) atoms. The number of hydrogen-bond acceptors (Lipinski definition) is 5. The lowest BCUT2D eigenvalue weighted by Crippen LogP contribution is -2.07. The summed E-state index contributed by atoms with van der Waals surface area (Å²) < 4.78 is 16.6. The number of carbonyl (C=O) groups excluding carboxylic acids is 1. The number of pyridine rings is 1. The number of aromatic nitrogens is 1. The number of amides is 1. The Morgan fingerprint density at radius 3 is 2.73 bits per heavy atom. The molecule has 0 aliphatic heterocycles. The normalized spacial score (nSPS) is 10.6. The highest BCUT2D eigenvalue weighted by Gasteiger charge is 2.05. The van der Waals surface area contributed by atoms with Gasteiger partial charge in [-0.15, -0.1) is 0 Å². The highest BCUT2D eigenvalue weighted by Crippen LogP contribution is 2.28. The number of nitrogens with one attached hydrogen (secondary N) is 1. The molecule has 0 atom stereocenters. The minimum absolute atomic E-state index is 0.243. The Hall–Kier alpha value is -3.80. The molecule has 154 valence electrons. The number of methoxy groups -OCH3 is 1. The lowest BCUT2D eigenvalue weighted by Gasteiger charge is -2.09. The van der Waals surface area contributed by atoms with Crippen LogP contribution in [0.2, 0.25) is 0 Å². The van der Waals surface area contributed by atoms with E-state index in [1.165, 1.54) is 6.08 Å². The maximum absolute atomic E-state index is 12.3. The van der Waals surface area contributed by atoms with Gasteiger partial charge in [-0.2, -0.15) is 0 Å². The second-order valence-electron chi connectivity index (χ2n) is 6.34. The van der Waals surface area contributed by atoms with Crippen molar-refractivity contribution in [2.45, 2.75) is 13.5 Å². The number of hydrogen-bond donors (Lipinski definition) is 1. The van der Waals surface area contributed by atoms with Crippen LogP contribution in [0.1, 0.15) is 18.1 Å². The Morgan fingerprint density at radius 2 is 1.97 bits per heavy atom. The second kappa shape index (κ2) is 10.7. The molecule has 0 saturated heterocycles. The molecule has 0 saturated carbocycles. The van der Waals surface area contributed by atoms with Crippen LogP contribution >= 0.6 is 0 Å². The molecule has 0 bridgehead atoms. The standard InChI is InChI=1S/C24H24N2O4/c1-3-29-22-11-9-18(14-23(22)28-2)10-12-24(27)26-20-7-4-8-21(15-20)30-17-19-6-5-13-25-16-19/h4-16H,3,17H2,1-2H3,(H,26,27)/b12-10+. The highest BCUT2D eigenvalue weighted by atomic mass is 16.5. The van der Waals surface area contributed by atoms with Crippen LogP contribution in [0.25, 0.3) is 6.08 Å². The van der Waals surface area contributed by atoms with Crippen molar-refractivity contribution in [2.75, 3.05) is 19.0 Å². The number of benzene rings is 2. The molecule has 1 N–H and O–H groups in total. The van der Waals surface area contributed by atoms with E-state index in [0.717, 1.165) is 11.1 Å². The maximum atomic E-state index is 12.3. The largest absolute Gasteiger partial charge is 0.493 e. The number of ether oxygens (including phenoxy) is 3. The smallest absolute Gasteiger partial charge is 0.248 e. The maximum Gasteiger partial charge on any atom is 0.248 e. The van der Waals surface area contributed by atoms with Crippen LogP contribution in [-0.2, 0) is 11.4 Å². The molecule has 6 nitrogen and oxygen atoms in total. The van der Waals surface area contributed by atoms with Gasteiger partial charge in [0, 0.05) is 35.8 Å². The zero-order chi connectivity index (χ0) is 21.2. The molecule has 6 heteroatoms. The lowest BCUT2D eigenvalue weighted by atomic mass is 10.2. The summed E-state index contributed by atoms with van der Waals surface area (Å²) in [5.41, 5.74) is 2.46. The highest BCUT2D eigenvalue weighted by molar-refractivity contribution is 6.02. The van der Waals surface area contributed by atoms with E-state index >= 15 is 0 Å². The molecule has 2 aromatic carbocycles. The lowest BCUT2D eigenvalue weighted by molar-refractivity contribution is -0.111. The van der Waals surface area contributed by atoms with Gasteiger partial charge in [-0.3, -0.25) is 9.78 Å². The van der Waals surface area contributed by atoms with E-state index in [0.29, 0.717) is 36.1 Å². The van der Waals surface area contributed by atoms with Gasteiger partial charge in [0.2, 0.25) is 5.91 Å². The van der Waals surface area contributed by atoms with E-state index < -0.39 is 0 Å². The first-order chi connectivity index (χ1) is 14.7. The molecule has 0 unspecified atom stereocenters. The van der Waals surface area contributed by atoms with Crippen LogP contribution in [0.4, 0.5) is 5.69 Å². The fourth-order valence-corrected chi connectivity index (χ4v) is 2.73. The Balaban J connectivity index is 1.59. The van der Waals surface area contributed by atoms with Gasteiger partial charge in [0.25, 0.3) is 0 Å². The molecule has 1 aromatic heterocycles. The van der Waals surface area contributed by atoms with Crippen LogP contribution in [0, 0.1) is 0 Å². The zero-order valence-corrected chi connectivity index (χ0v) is 17.0. The molecule has 3 rings (SSSR count). The SMILES string of the molecule is CCOc1ccc(/C=C/C(=O)Nc2cccc(OCc3cccnc3)c2)cc1OC. The number of rotatable bonds is 9. The van der Waals surface area contributed by atoms with Crippen molar-refractivity contribution in [3.05, 3.63) is 84.2 Å². The summed E-state index contributed by atoms with van der Waals surface area (Å²) in [4.78, 5) is 16.4. The van der Waals surface area contributed by atoms with Gasteiger partial charge in [0.15, 0.2) is 11.5 Å². The summed E-state index contributed by atoms with van der Waals surface area (Å²) in [5, 5.41) is 2.84. The molecular formula is C24H24N2O4. The van der Waals surface area contributed by atoms with Crippen LogP contribution in [0.3, 0.4) is 0 Å². The van der Waals surface area contributed by atoms with E-state index in [9.17, 15) is 4.79 Å². The fraction of sp³-hybridized carbons (Fsp3) is 0.167. The van der Waals surface area contributed by atoms with E-state index in [4.69, 9.17) is 14.2 Å². The number of nitrogens with zero attached hydrogens (tertiary/aromatic N) is 1. The second-order valence-corrected chi connectivity index (χ2v) is 6.34. The third-order valence-corrected chi connectivity index (χ3v) is 4.14. The van der Waals surface area contributed by atoms with Gasteiger partial charge in [0.1, 0.15) is 12.4 Å². The molecule has 0 radical (unpaired) electrons. The van der Waals surface area contributed by atoms with Crippen LogP contribution in [0.5, 0.6) is 17.2 Å². The average Bonchev–Trinajstić information content (AvgIpc) is 2.78. The van der Waals surface area contributed by atoms with Crippen molar-refractivity contribution < 1.29 is 19.0 Å². The fourth-order valence-electron chi connectivity index (χ4n) is 2.73. The topological polar surface area (TPSA) is 69.7 Å². The van der Waals surface area contributed by atoms with Crippen molar-refractivity contribution in [2.24, 2.45) is 0 Å². The monoisotopic (exact) mass is 404 g/mol. The summed E-state index contributed by atoms with van der Waals surface area (Å²) in [6.07, 6.45) is 6.66. The van der Waals surface area contributed by atoms with Gasteiger partial charge < -0.3 is 19.5 Å². The Labute approximate surface area is 176 Å². The molecule has 1 amide bonds. The number of carbonyl (C=O) groups is 1. The summed E-state index contributed by atoms with van der Waals surface area (Å²) in [5.74, 6) is 1.71. The Kier molecular flexibility index (Phi) is 7.44. The van der Waals surface area contributed by atoms with Gasteiger partial charge in [-0.05, 0) is 48.9 Å². The molecule has 0 spiro atoms. The number of anilines is 1. The van der Waals surface area contributed by atoms with Crippen LogP contribution in [-0.4, -0.2) is 24.6 Å². The molecule has 1 heterocycles. The van der Waals surface area contributed by atoms with Gasteiger partial charge in [-0.1, -0.05) is 18.2 Å². The third-order valence-electron chi connectivity index (χ3n) is 4.14. The summed E-state index contributed by atoms with van der Waals surface area (Å²) in [6.45, 7) is 2.88. The first-order valence-corrected chi connectivity index (χ1v) is 9.59. The van der Waals surface area contributed by atoms with Crippen molar-refractivity contribution in [1.82, 2.24) is 4.98 Å². The first-order valence-electron chi connectivity index (χ1n) is 9.59. The van der Waals surface area contributed by atoms with Crippen molar-refractivity contribution in [3.63, 3.8) is 0 Å². The Bertz CT molecular complexity index is 1000. The quantitative estimate of drug-likeness (QED) is 0.523. The minimum Gasteiger partial charge on any atom is -0.493 e. The third kappa shape index (κ3) is 6.10. The van der Waals surface area contributed by atoms with Crippen molar-refractivity contribution in [1.29, 1.82) is 0 Å². The summed E-state index contributed by atoms with van der Waals surface area (Å²) >= 11 is 0. The Morgan fingerprint density at radius 1 is 1.07 bits per heavy atom. The minimum atomic E-state index is -0.243. The van der Waals surface area contributed by atoms with Crippen molar-refractivity contribution in [3.8, 4) is 17.2 Å². The zero-order valence-electron chi connectivity index (χ0n) is 17.0. The van der Waals surface area contributed by atoms with E-state index in [-0.39, 0.29) is 5.91 Å². The molecule has 3 aromatic rings. The van der Waals surface area contributed by atoms with Gasteiger partial charge >= 0.3 is 0 Å². The summed E-state index contributed by atoms with van der Waals surface area (Å²) in [6, 6.07) is 16.6. The van der Waals surface area contributed by atoms with Crippen molar-refractivity contribution >= 4 is 17.7 Å². The van der Waals surface area contributed by atoms with E-state index in [2.05, 4.69) is 10.3 Å². The molecular weight excluding hydrogens is 380 g/mol. The molecule has 0 fully saturated rings. The van der Waals surface area contributed by atoms with E-state index in [1.807, 2.05) is 55.5 Å². The first kappa shape index (κ1) is 20.9. The van der Waals surface area contributed by atoms with Crippen LogP contribution < -0.4 is 19.5 Å². The van der Waals surface area contributed by atoms with E-state index in [1.54, 1.807) is 31.6 Å². The average molecular weight is 404 g/mol. The van der Waals surface area contributed by atoms with Gasteiger partial charge in [0.05, 0.1) is 13.7 Å².